The number of nitrogens with two attached hydrogens (primary N) is 1. The van der Waals surface area contributed by atoms with Gasteiger partial charge in [0.25, 0.3) is 0 Å². The molecule has 2 rings (SSSR count). The molecule has 4 heteroatoms. The SMILES string of the molecule is NC(Cc1ccc(F)cc1)Cc1ccc(Br)cc1F. The third-order valence-corrected chi connectivity index (χ3v) is 3.40. The maximum absolute atomic E-state index is 13.7. The number of hydrogen-bond donors (Lipinski definition) is 1. The first-order valence-electron chi connectivity index (χ1n) is 5.98. The molecule has 0 aliphatic carbocycles. The van der Waals surface area contributed by atoms with Crippen LogP contribution in [0.3, 0.4) is 0 Å². The van der Waals surface area contributed by atoms with Gasteiger partial charge in [-0.2, -0.15) is 0 Å². The Morgan fingerprint density at radius 3 is 2.32 bits per heavy atom. The van der Waals surface area contributed by atoms with Gasteiger partial charge in [-0.15, -0.1) is 0 Å². The van der Waals surface area contributed by atoms with Crippen molar-refractivity contribution in [2.45, 2.75) is 18.9 Å². The minimum atomic E-state index is -0.267. The quantitative estimate of drug-likeness (QED) is 0.908. The molecule has 0 heterocycles. The third-order valence-electron chi connectivity index (χ3n) is 2.91. The van der Waals surface area contributed by atoms with Crippen LogP contribution in [0.15, 0.2) is 46.9 Å². The van der Waals surface area contributed by atoms with Crippen molar-refractivity contribution in [3.63, 3.8) is 0 Å². The third kappa shape index (κ3) is 4.11. The van der Waals surface area contributed by atoms with Gasteiger partial charge in [-0.05, 0) is 48.2 Å². The Balaban J connectivity index is 2.01. The van der Waals surface area contributed by atoms with Crippen molar-refractivity contribution in [3.8, 4) is 0 Å². The Morgan fingerprint density at radius 2 is 1.68 bits per heavy atom. The molecule has 0 aromatic heterocycles. The van der Waals surface area contributed by atoms with E-state index in [1.54, 1.807) is 24.3 Å². The highest BCUT2D eigenvalue weighted by molar-refractivity contribution is 9.10. The fraction of sp³-hybridized carbons (Fsp3) is 0.200. The molecule has 0 amide bonds. The summed E-state index contributed by atoms with van der Waals surface area (Å²) in [5, 5.41) is 0. The van der Waals surface area contributed by atoms with Crippen molar-refractivity contribution in [2.24, 2.45) is 5.73 Å². The molecule has 0 saturated carbocycles. The van der Waals surface area contributed by atoms with Crippen molar-refractivity contribution in [2.75, 3.05) is 0 Å². The van der Waals surface area contributed by atoms with Gasteiger partial charge in [-0.1, -0.05) is 34.1 Å². The van der Waals surface area contributed by atoms with E-state index in [0.717, 1.165) is 5.56 Å². The molecule has 2 aromatic rings. The summed E-state index contributed by atoms with van der Waals surface area (Å²) in [6.07, 6.45) is 1.05. The van der Waals surface area contributed by atoms with Gasteiger partial charge in [0.2, 0.25) is 0 Å². The van der Waals surface area contributed by atoms with E-state index in [0.29, 0.717) is 22.9 Å². The van der Waals surface area contributed by atoms with E-state index in [1.807, 2.05) is 0 Å². The Bertz CT molecular complexity index is 555. The first-order valence-corrected chi connectivity index (χ1v) is 6.78. The second-order valence-corrected chi connectivity index (χ2v) is 5.45. The first-order chi connectivity index (χ1) is 9.04. The summed E-state index contributed by atoms with van der Waals surface area (Å²) in [5.41, 5.74) is 7.56. The van der Waals surface area contributed by atoms with E-state index in [2.05, 4.69) is 15.9 Å². The molecule has 1 nitrogen and oxygen atoms in total. The van der Waals surface area contributed by atoms with Gasteiger partial charge in [0.05, 0.1) is 0 Å². The van der Waals surface area contributed by atoms with Crippen LogP contribution in [0.5, 0.6) is 0 Å². The Labute approximate surface area is 119 Å². The summed E-state index contributed by atoms with van der Waals surface area (Å²) in [6, 6.07) is 11.0. The van der Waals surface area contributed by atoms with E-state index >= 15 is 0 Å². The van der Waals surface area contributed by atoms with Crippen molar-refractivity contribution in [1.82, 2.24) is 0 Å². The molecular weight excluding hydrogens is 312 g/mol. The predicted octanol–water partition coefficient (Wildman–Crippen LogP) is 3.84. The van der Waals surface area contributed by atoms with Crippen LogP contribution in [0.25, 0.3) is 0 Å². The molecule has 100 valence electrons. The van der Waals surface area contributed by atoms with Crippen LogP contribution in [0.1, 0.15) is 11.1 Å². The highest BCUT2D eigenvalue weighted by Gasteiger charge is 2.09. The van der Waals surface area contributed by atoms with Crippen molar-refractivity contribution >= 4 is 15.9 Å². The maximum atomic E-state index is 13.7. The molecule has 2 N–H and O–H groups in total. The standard InChI is InChI=1S/C15H14BrF2N/c16-12-4-3-11(15(18)9-12)8-14(19)7-10-1-5-13(17)6-2-10/h1-6,9,14H,7-8,19H2. The fourth-order valence-electron chi connectivity index (χ4n) is 1.97. The zero-order chi connectivity index (χ0) is 13.8. The molecule has 1 atom stereocenters. The van der Waals surface area contributed by atoms with E-state index in [4.69, 9.17) is 5.73 Å². The highest BCUT2D eigenvalue weighted by Crippen LogP contribution is 2.17. The zero-order valence-corrected chi connectivity index (χ0v) is 11.8. The van der Waals surface area contributed by atoms with Gasteiger partial charge >= 0.3 is 0 Å². The van der Waals surface area contributed by atoms with E-state index in [1.165, 1.54) is 18.2 Å². The van der Waals surface area contributed by atoms with Gasteiger partial charge in [-0.25, -0.2) is 8.78 Å². The molecule has 0 bridgehead atoms. The second-order valence-electron chi connectivity index (χ2n) is 4.53. The lowest BCUT2D eigenvalue weighted by Gasteiger charge is -2.12. The fourth-order valence-corrected chi connectivity index (χ4v) is 2.30. The summed E-state index contributed by atoms with van der Waals surface area (Å²) in [6.45, 7) is 0. The normalized spacial score (nSPS) is 12.4. The molecule has 0 fully saturated rings. The molecular formula is C15H14BrF2N. The molecule has 0 aliphatic heterocycles. The molecule has 0 spiro atoms. The van der Waals surface area contributed by atoms with Crippen LogP contribution in [-0.4, -0.2) is 6.04 Å². The Morgan fingerprint density at radius 1 is 1.00 bits per heavy atom. The van der Waals surface area contributed by atoms with Gasteiger partial charge < -0.3 is 5.73 Å². The number of hydrogen-bond acceptors (Lipinski definition) is 1. The Hall–Kier alpha value is -1.26. The van der Waals surface area contributed by atoms with Crippen LogP contribution < -0.4 is 5.73 Å². The smallest absolute Gasteiger partial charge is 0.127 e. The van der Waals surface area contributed by atoms with Crippen LogP contribution in [0.2, 0.25) is 0 Å². The first kappa shape index (κ1) is 14.2. The van der Waals surface area contributed by atoms with E-state index in [-0.39, 0.29) is 17.7 Å². The average molecular weight is 326 g/mol. The van der Waals surface area contributed by atoms with Gasteiger partial charge in [-0.3, -0.25) is 0 Å². The molecule has 19 heavy (non-hydrogen) atoms. The molecule has 0 saturated heterocycles. The van der Waals surface area contributed by atoms with E-state index < -0.39 is 0 Å². The monoisotopic (exact) mass is 325 g/mol. The lowest BCUT2D eigenvalue weighted by atomic mass is 9.99. The van der Waals surface area contributed by atoms with Gasteiger partial charge in [0.1, 0.15) is 11.6 Å². The average Bonchev–Trinajstić information content (AvgIpc) is 2.36. The number of rotatable bonds is 4. The predicted molar refractivity (Wildman–Crippen MR) is 75.9 cm³/mol. The van der Waals surface area contributed by atoms with Crippen molar-refractivity contribution in [3.05, 3.63) is 69.7 Å². The lowest BCUT2D eigenvalue weighted by Crippen LogP contribution is -2.26. The molecule has 1 unspecified atom stereocenters. The summed E-state index contributed by atoms with van der Waals surface area (Å²) in [5.74, 6) is -0.528. The number of halogens is 3. The highest BCUT2D eigenvalue weighted by atomic mass is 79.9. The molecule has 2 aromatic carbocycles. The zero-order valence-electron chi connectivity index (χ0n) is 10.2. The van der Waals surface area contributed by atoms with Crippen LogP contribution in [-0.2, 0) is 12.8 Å². The molecule has 0 radical (unpaired) electrons. The summed E-state index contributed by atoms with van der Waals surface area (Å²) < 4.78 is 27.2. The van der Waals surface area contributed by atoms with Gasteiger partial charge in [0.15, 0.2) is 0 Å². The second kappa shape index (κ2) is 6.26. The topological polar surface area (TPSA) is 26.0 Å². The van der Waals surface area contributed by atoms with Crippen LogP contribution in [0.4, 0.5) is 8.78 Å². The van der Waals surface area contributed by atoms with Crippen molar-refractivity contribution in [1.29, 1.82) is 0 Å². The Kier molecular flexibility index (Phi) is 4.66. The minimum Gasteiger partial charge on any atom is -0.327 e. The van der Waals surface area contributed by atoms with Crippen LogP contribution in [0, 0.1) is 11.6 Å². The van der Waals surface area contributed by atoms with Crippen LogP contribution >= 0.6 is 15.9 Å². The summed E-state index contributed by atoms with van der Waals surface area (Å²) in [4.78, 5) is 0. The van der Waals surface area contributed by atoms with E-state index in [9.17, 15) is 8.78 Å². The maximum Gasteiger partial charge on any atom is 0.127 e. The van der Waals surface area contributed by atoms with Crippen molar-refractivity contribution < 1.29 is 8.78 Å². The largest absolute Gasteiger partial charge is 0.327 e. The van der Waals surface area contributed by atoms with Gasteiger partial charge in [0, 0.05) is 10.5 Å². The molecule has 0 aliphatic rings. The summed E-state index contributed by atoms with van der Waals surface area (Å²) >= 11 is 3.22. The number of benzene rings is 2. The summed E-state index contributed by atoms with van der Waals surface area (Å²) in [7, 11) is 0. The lowest BCUT2D eigenvalue weighted by molar-refractivity contribution is 0.582. The minimum absolute atomic E-state index is 0.193.